The van der Waals surface area contributed by atoms with Crippen molar-refractivity contribution in [1.82, 2.24) is 20.1 Å². The summed E-state index contributed by atoms with van der Waals surface area (Å²) in [5.74, 6) is -0.0809. The van der Waals surface area contributed by atoms with Gasteiger partial charge in [-0.3, -0.25) is 9.78 Å². The molecule has 1 aromatic heterocycles. The van der Waals surface area contributed by atoms with Gasteiger partial charge in [-0.1, -0.05) is 31.2 Å². The van der Waals surface area contributed by atoms with Crippen LogP contribution in [0.4, 0.5) is 0 Å². The summed E-state index contributed by atoms with van der Waals surface area (Å²) in [6, 6.07) is 9.80. The van der Waals surface area contributed by atoms with Crippen LogP contribution in [-0.4, -0.2) is 66.5 Å². The van der Waals surface area contributed by atoms with Gasteiger partial charge in [-0.05, 0) is 31.0 Å². The van der Waals surface area contributed by atoms with Gasteiger partial charge in [0.05, 0.1) is 0 Å². The van der Waals surface area contributed by atoms with Crippen molar-refractivity contribution in [2.24, 2.45) is 0 Å². The largest absolute Gasteiger partial charge is 0.351 e. The van der Waals surface area contributed by atoms with Gasteiger partial charge in [-0.2, -0.15) is 0 Å². The first-order chi connectivity index (χ1) is 11.8. The summed E-state index contributed by atoms with van der Waals surface area (Å²) in [4.78, 5) is 21.6. The van der Waals surface area contributed by atoms with Gasteiger partial charge in [-0.15, -0.1) is 0 Å². The van der Waals surface area contributed by atoms with Crippen LogP contribution in [0.25, 0.3) is 10.8 Å². The number of benzene rings is 1. The van der Waals surface area contributed by atoms with Crippen LogP contribution in [0.1, 0.15) is 23.8 Å². The summed E-state index contributed by atoms with van der Waals surface area (Å²) in [6.07, 6.45) is 2.67. The van der Waals surface area contributed by atoms with E-state index >= 15 is 0 Å². The fourth-order valence-electron chi connectivity index (χ4n) is 3.22. The van der Waals surface area contributed by atoms with Crippen LogP contribution >= 0.6 is 0 Å². The second-order valence-corrected chi connectivity index (χ2v) is 6.27. The minimum Gasteiger partial charge on any atom is -0.351 e. The van der Waals surface area contributed by atoms with E-state index < -0.39 is 0 Å². The number of likely N-dealkylation sites (N-methyl/N-ethyl adjacent to an activating group) is 1. The first-order valence-electron chi connectivity index (χ1n) is 8.84. The molecule has 1 N–H and O–H groups in total. The molecule has 0 unspecified atom stereocenters. The Bertz CT molecular complexity index is 675. The van der Waals surface area contributed by atoms with E-state index in [-0.39, 0.29) is 5.91 Å². The van der Waals surface area contributed by atoms with Crippen LogP contribution in [0.3, 0.4) is 0 Å². The molecule has 0 radical (unpaired) electrons. The van der Waals surface area contributed by atoms with Crippen molar-refractivity contribution < 1.29 is 4.79 Å². The molecule has 5 nitrogen and oxygen atoms in total. The van der Waals surface area contributed by atoms with Gasteiger partial charge in [0.2, 0.25) is 0 Å². The predicted octanol–water partition coefficient (Wildman–Crippen LogP) is 1.99. The number of carbonyl (C=O) groups is 1. The van der Waals surface area contributed by atoms with E-state index in [9.17, 15) is 4.79 Å². The van der Waals surface area contributed by atoms with E-state index in [1.807, 2.05) is 30.3 Å². The van der Waals surface area contributed by atoms with Gasteiger partial charge in [0.25, 0.3) is 5.91 Å². The minimum atomic E-state index is -0.0809. The molecule has 0 spiro atoms. The third kappa shape index (κ3) is 4.10. The molecule has 0 bridgehead atoms. The van der Waals surface area contributed by atoms with E-state index in [0.717, 1.165) is 56.5 Å². The number of piperazine rings is 1. The molecule has 1 aliphatic rings. The molecule has 0 aliphatic carbocycles. The predicted molar refractivity (Wildman–Crippen MR) is 97.2 cm³/mol. The van der Waals surface area contributed by atoms with Crippen molar-refractivity contribution in [1.29, 1.82) is 0 Å². The van der Waals surface area contributed by atoms with Crippen molar-refractivity contribution in [2.75, 3.05) is 45.8 Å². The number of carbonyl (C=O) groups excluding carboxylic acids is 1. The summed E-state index contributed by atoms with van der Waals surface area (Å²) in [5.41, 5.74) is 0.518. The van der Waals surface area contributed by atoms with Gasteiger partial charge in [-0.25, -0.2) is 0 Å². The Morgan fingerprint density at radius 2 is 1.88 bits per heavy atom. The Hall–Kier alpha value is -1.98. The lowest BCUT2D eigenvalue weighted by atomic mass is 10.1. The van der Waals surface area contributed by atoms with Gasteiger partial charge < -0.3 is 15.1 Å². The first-order valence-corrected chi connectivity index (χ1v) is 8.84. The smallest absolute Gasteiger partial charge is 0.270 e. The van der Waals surface area contributed by atoms with Gasteiger partial charge >= 0.3 is 0 Å². The Kier molecular flexibility index (Phi) is 5.77. The third-order valence-electron chi connectivity index (χ3n) is 4.74. The summed E-state index contributed by atoms with van der Waals surface area (Å²) in [7, 11) is 0. The Morgan fingerprint density at radius 1 is 1.12 bits per heavy atom. The maximum Gasteiger partial charge on any atom is 0.270 e. The van der Waals surface area contributed by atoms with E-state index in [2.05, 4.69) is 27.0 Å². The summed E-state index contributed by atoms with van der Waals surface area (Å²) >= 11 is 0. The molecule has 1 saturated heterocycles. The van der Waals surface area contributed by atoms with Crippen LogP contribution in [0.15, 0.2) is 36.5 Å². The average Bonchev–Trinajstić information content (AvgIpc) is 2.65. The fraction of sp³-hybridized carbons (Fsp3) is 0.474. The molecule has 1 aromatic carbocycles. The fourth-order valence-corrected chi connectivity index (χ4v) is 3.22. The molecule has 0 atom stereocenters. The second-order valence-electron chi connectivity index (χ2n) is 6.27. The number of hydrogen-bond donors (Lipinski definition) is 1. The minimum absolute atomic E-state index is 0.0809. The van der Waals surface area contributed by atoms with Crippen molar-refractivity contribution in [3.63, 3.8) is 0 Å². The monoisotopic (exact) mass is 326 g/mol. The highest BCUT2D eigenvalue weighted by atomic mass is 16.1. The van der Waals surface area contributed by atoms with Gasteiger partial charge in [0.15, 0.2) is 0 Å². The molecule has 1 fully saturated rings. The highest BCUT2D eigenvalue weighted by Gasteiger charge is 2.15. The van der Waals surface area contributed by atoms with Crippen LogP contribution in [0.2, 0.25) is 0 Å². The molecule has 2 heterocycles. The Balaban J connectivity index is 1.46. The van der Waals surface area contributed by atoms with Gasteiger partial charge in [0.1, 0.15) is 5.69 Å². The molecule has 0 saturated carbocycles. The number of hydrogen-bond acceptors (Lipinski definition) is 4. The number of nitrogens with one attached hydrogen (secondary N) is 1. The van der Waals surface area contributed by atoms with E-state index in [0.29, 0.717) is 12.2 Å². The second kappa shape index (κ2) is 8.22. The van der Waals surface area contributed by atoms with Gasteiger partial charge in [0, 0.05) is 44.3 Å². The van der Waals surface area contributed by atoms with Crippen LogP contribution in [0, 0.1) is 0 Å². The van der Waals surface area contributed by atoms with Crippen LogP contribution in [-0.2, 0) is 0 Å². The third-order valence-corrected chi connectivity index (χ3v) is 4.74. The summed E-state index contributed by atoms with van der Waals surface area (Å²) in [6.45, 7) is 9.66. The lowest BCUT2D eigenvalue weighted by Crippen LogP contribution is -2.46. The molecule has 2 aromatic rings. The zero-order valence-electron chi connectivity index (χ0n) is 14.4. The standard InChI is InChI=1S/C19H26N4O/c1-2-22-12-14-23(15-13-22)11-5-9-21-19(24)18-17-7-4-3-6-16(17)8-10-20-18/h3-4,6-8,10H,2,5,9,11-15H2,1H3,(H,21,24). The van der Waals surface area contributed by atoms with Crippen molar-refractivity contribution in [2.45, 2.75) is 13.3 Å². The zero-order valence-corrected chi connectivity index (χ0v) is 14.4. The zero-order chi connectivity index (χ0) is 16.8. The maximum absolute atomic E-state index is 12.4. The van der Waals surface area contributed by atoms with E-state index in [1.54, 1.807) is 6.20 Å². The number of pyridine rings is 1. The Morgan fingerprint density at radius 3 is 2.67 bits per heavy atom. The van der Waals surface area contributed by atoms with E-state index in [4.69, 9.17) is 0 Å². The molecule has 5 heteroatoms. The number of nitrogens with zero attached hydrogens (tertiary/aromatic N) is 3. The first kappa shape index (κ1) is 16.9. The van der Waals surface area contributed by atoms with Crippen molar-refractivity contribution in [3.8, 4) is 0 Å². The van der Waals surface area contributed by atoms with Crippen LogP contribution < -0.4 is 5.32 Å². The van der Waals surface area contributed by atoms with Crippen molar-refractivity contribution in [3.05, 3.63) is 42.2 Å². The number of aromatic nitrogens is 1. The quantitative estimate of drug-likeness (QED) is 0.825. The lowest BCUT2D eigenvalue weighted by molar-refractivity contribution is 0.0945. The number of rotatable bonds is 6. The highest BCUT2D eigenvalue weighted by molar-refractivity contribution is 6.05. The molecule has 1 amide bonds. The highest BCUT2D eigenvalue weighted by Crippen LogP contribution is 2.16. The lowest BCUT2D eigenvalue weighted by Gasteiger charge is -2.33. The number of amides is 1. The molecular weight excluding hydrogens is 300 g/mol. The maximum atomic E-state index is 12.4. The average molecular weight is 326 g/mol. The summed E-state index contributed by atoms with van der Waals surface area (Å²) < 4.78 is 0. The Labute approximate surface area is 143 Å². The normalized spacial score (nSPS) is 16.4. The molecule has 1 aliphatic heterocycles. The molecule has 24 heavy (non-hydrogen) atoms. The van der Waals surface area contributed by atoms with Crippen LogP contribution in [0.5, 0.6) is 0 Å². The molecule has 128 valence electrons. The molecule has 3 rings (SSSR count). The molecular formula is C19H26N4O. The SMILES string of the molecule is CCN1CCN(CCCNC(=O)c2nccc3ccccc23)CC1. The topological polar surface area (TPSA) is 48.5 Å². The number of fused-ring (bicyclic) bond motifs is 1. The summed E-state index contributed by atoms with van der Waals surface area (Å²) in [5, 5.41) is 4.97. The van der Waals surface area contributed by atoms with Crippen molar-refractivity contribution >= 4 is 16.7 Å². The van der Waals surface area contributed by atoms with E-state index in [1.165, 1.54) is 0 Å².